The molecule has 1 aromatic carbocycles. The Morgan fingerprint density at radius 2 is 1.85 bits per heavy atom. The summed E-state index contributed by atoms with van der Waals surface area (Å²) in [6.07, 6.45) is 1.50. The number of anilines is 1. The highest BCUT2D eigenvalue weighted by Crippen LogP contribution is 2.44. The molecule has 3 fully saturated rings. The second-order valence-electron chi connectivity index (χ2n) is 10.1. The van der Waals surface area contributed by atoms with Gasteiger partial charge in [0.1, 0.15) is 0 Å². The van der Waals surface area contributed by atoms with Gasteiger partial charge in [0.2, 0.25) is 11.9 Å². The lowest BCUT2D eigenvalue weighted by Crippen LogP contribution is -2.73. The van der Waals surface area contributed by atoms with E-state index in [9.17, 15) is 9.59 Å². The Morgan fingerprint density at radius 1 is 1.09 bits per heavy atom. The molecule has 6 rings (SSSR count). The van der Waals surface area contributed by atoms with Crippen molar-refractivity contribution in [3.05, 3.63) is 34.6 Å². The number of aromatic nitrogens is 3. The third-order valence-corrected chi connectivity index (χ3v) is 7.14. The minimum atomic E-state index is -0.383. The number of benzene rings is 1. The number of carbonyl (C=O) groups is 2. The Bertz CT molecular complexity index is 1130. The minimum Gasteiger partial charge on any atom is -0.447 e. The van der Waals surface area contributed by atoms with E-state index < -0.39 is 0 Å². The molecule has 2 saturated heterocycles. The number of rotatable bonds is 3. The molecule has 1 spiro atoms. The molecular weight excluding hydrogens is 444 g/mol. The molecule has 1 aromatic heterocycles. The van der Waals surface area contributed by atoms with Gasteiger partial charge in [-0.05, 0) is 50.5 Å². The fourth-order valence-electron chi connectivity index (χ4n) is 5.21. The summed E-state index contributed by atoms with van der Waals surface area (Å²) in [5.41, 5.74) is 2.01. The second-order valence-corrected chi connectivity index (χ2v) is 10.6. The Morgan fingerprint density at radius 3 is 2.55 bits per heavy atom. The van der Waals surface area contributed by atoms with Gasteiger partial charge in [-0.2, -0.15) is 0 Å². The number of ether oxygens (including phenoxy) is 1. The number of hydrogen-bond acceptors (Lipinski definition) is 6. The Kier molecular flexibility index (Phi) is 4.62. The molecule has 0 radical (unpaired) electrons. The van der Waals surface area contributed by atoms with Crippen LogP contribution in [0.2, 0.25) is 5.02 Å². The SMILES string of the molecule is CC(C)OC(=O)N1Cc2cc(Cl)ccc2-n2c(nnc2N2CC3(CN(C(=O)C4CC4)C3)C2)C1. The molecule has 10 heteroatoms. The van der Waals surface area contributed by atoms with Gasteiger partial charge in [0, 0.05) is 42.5 Å². The lowest BCUT2D eigenvalue weighted by molar-refractivity contribution is -0.146. The standard InChI is InChI=1S/C23H27ClN6O3/c1-14(2)33-22(32)27-8-16-7-17(24)5-6-18(16)30-19(9-27)25-26-21(30)29-12-23(13-29)10-28(11-23)20(31)15-3-4-15/h5-7,14-15H,3-4,8-13H2,1-2H3. The molecule has 3 aliphatic heterocycles. The molecule has 33 heavy (non-hydrogen) atoms. The highest BCUT2D eigenvalue weighted by atomic mass is 35.5. The first-order valence-electron chi connectivity index (χ1n) is 11.5. The van der Waals surface area contributed by atoms with Crippen molar-refractivity contribution >= 4 is 29.5 Å². The maximum absolute atomic E-state index is 12.7. The van der Waals surface area contributed by atoms with Crippen LogP contribution in [0.15, 0.2) is 18.2 Å². The van der Waals surface area contributed by atoms with Crippen molar-refractivity contribution in [3.63, 3.8) is 0 Å². The van der Waals surface area contributed by atoms with Gasteiger partial charge in [0.05, 0.1) is 24.9 Å². The fourth-order valence-corrected chi connectivity index (χ4v) is 5.40. The van der Waals surface area contributed by atoms with E-state index in [0.717, 1.165) is 56.2 Å². The Balaban J connectivity index is 1.25. The molecule has 1 aliphatic carbocycles. The van der Waals surface area contributed by atoms with Crippen molar-refractivity contribution in [1.82, 2.24) is 24.6 Å². The van der Waals surface area contributed by atoms with Gasteiger partial charge in [0.15, 0.2) is 5.82 Å². The maximum Gasteiger partial charge on any atom is 0.410 e. The van der Waals surface area contributed by atoms with Gasteiger partial charge in [-0.25, -0.2) is 4.79 Å². The Hall–Kier alpha value is -2.81. The van der Waals surface area contributed by atoms with Gasteiger partial charge in [0.25, 0.3) is 0 Å². The van der Waals surface area contributed by atoms with Crippen LogP contribution in [0.1, 0.15) is 38.1 Å². The number of likely N-dealkylation sites (tertiary alicyclic amines) is 1. The zero-order valence-electron chi connectivity index (χ0n) is 18.8. The van der Waals surface area contributed by atoms with Crippen LogP contribution < -0.4 is 4.90 Å². The second kappa shape index (κ2) is 7.35. The molecule has 1 saturated carbocycles. The van der Waals surface area contributed by atoms with Crippen LogP contribution in [-0.4, -0.2) is 68.8 Å². The zero-order valence-corrected chi connectivity index (χ0v) is 19.6. The van der Waals surface area contributed by atoms with E-state index >= 15 is 0 Å². The molecule has 4 heterocycles. The van der Waals surface area contributed by atoms with Crippen LogP contribution in [0.25, 0.3) is 5.69 Å². The van der Waals surface area contributed by atoms with Crippen molar-refractivity contribution in [1.29, 1.82) is 0 Å². The lowest BCUT2D eigenvalue weighted by Gasteiger charge is -2.60. The van der Waals surface area contributed by atoms with Crippen LogP contribution >= 0.6 is 11.6 Å². The third kappa shape index (κ3) is 3.53. The average Bonchev–Trinajstić information content (AvgIpc) is 3.49. The summed E-state index contributed by atoms with van der Waals surface area (Å²) in [5.74, 6) is 2.06. The molecule has 0 unspecified atom stereocenters. The van der Waals surface area contributed by atoms with Crippen LogP contribution in [0, 0.1) is 11.3 Å². The van der Waals surface area contributed by atoms with Gasteiger partial charge >= 0.3 is 6.09 Å². The molecule has 2 aromatic rings. The normalized spacial score (nSPS) is 20.7. The lowest BCUT2D eigenvalue weighted by atomic mass is 9.73. The molecule has 0 N–H and O–H groups in total. The van der Waals surface area contributed by atoms with Gasteiger partial charge < -0.3 is 14.5 Å². The number of carbonyl (C=O) groups excluding carboxylic acids is 2. The molecule has 174 valence electrons. The number of nitrogens with zero attached hydrogens (tertiary/aromatic N) is 6. The van der Waals surface area contributed by atoms with E-state index in [0.29, 0.717) is 29.8 Å². The molecular formula is C23H27ClN6O3. The number of fused-ring (bicyclic) bond motifs is 3. The van der Waals surface area contributed by atoms with E-state index in [2.05, 4.69) is 15.1 Å². The first-order valence-corrected chi connectivity index (χ1v) is 11.9. The van der Waals surface area contributed by atoms with Crippen LogP contribution in [0.3, 0.4) is 0 Å². The van der Waals surface area contributed by atoms with Crippen molar-refractivity contribution in [3.8, 4) is 5.69 Å². The highest BCUT2D eigenvalue weighted by molar-refractivity contribution is 6.30. The monoisotopic (exact) mass is 470 g/mol. The maximum atomic E-state index is 12.7. The van der Waals surface area contributed by atoms with Crippen molar-refractivity contribution in [2.75, 3.05) is 31.1 Å². The summed E-state index contributed by atoms with van der Waals surface area (Å²) >= 11 is 6.30. The largest absolute Gasteiger partial charge is 0.447 e. The molecule has 0 atom stereocenters. The predicted octanol–water partition coefficient (Wildman–Crippen LogP) is 2.84. The van der Waals surface area contributed by atoms with E-state index in [4.69, 9.17) is 16.3 Å². The number of halogens is 1. The smallest absolute Gasteiger partial charge is 0.410 e. The van der Waals surface area contributed by atoms with E-state index in [-0.39, 0.29) is 23.5 Å². The summed E-state index contributed by atoms with van der Waals surface area (Å²) in [4.78, 5) is 30.9. The highest BCUT2D eigenvalue weighted by Gasteiger charge is 2.55. The van der Waals surface area contributed by atoms with Gasteiger partial charge in [-0.1, -0.05) is 11.6 Å². The number of hydrogen-bond donors (Lipinski definition) is 0. The molecule has 9 nitrogen and oxygen atoms in total. The zero-order chi connectivity index (χ0) is 22.9. The third-order valence-electron chi connectivity index (χ3n) is 6.91. The fraction of sp³-hybridized carbons (Fsp3) is 0.565. The topological polar surface area (TPSA) is 83.8 Å². The first-order chi connectivity index (χ1) is 15.8. The minimum absolute atomic E-state index is 0.164. The molecule has 4 aliphatic rings. The van der Waals surface area contributed by atoms with Crippen molar-refractivity contribution in [2.45, 2.75) is 45.9 Å². The summed E-state index contributed by atoms with van der Waals surface area (Å²) in [6.45, 7) is 7.71. The first kappa shape index (κ1) is 20.8. The summed E-state index contributed by atoms with van der Waals surface area (Å²) in [5, 5.41) is 9.56. The Labute approximate surface area is 197 Å². The molecule has 2 amide bonds. The summed E-state index contributed by atoms with van der Waals surface area (Å²) in [7, 11) is 0. The van der Waals surface area contributed by atoms with Crippen LogP contribution in [0.4, 0.5) is 10.7 Å². The van der Waals surface area contributed by atoms with Gasteiger partial charge in [-0.15, -0.1) is 10.2 Å². The summed E-state index contributed by atoms with van der Waals surface area (Å²) < 4.78 is 7.48. The molecule has 0 bridgehead atoms. The quantitative estimate of drug-likeness (QED) is 0.686. The van der Waals surface area contributed by atoms with Crippen molar-refractivity contribution in [2.24, 2.45) is 11.3 Å². The van der Waals surface area contributed by atoms with E-state index in [1.807, 2.05) is 41.5 Å². The van der Waals surface area contributed by atoms with Crippen LogP contribution in [-0.2, 0) is 22.6 Å². The van der Waals surface area contributed by atoms with E-state index in [1.165, 1.54) is 0 Å². The average molecular weight is 471 g/mol. The van der Waals surface area contributed by atoms with Crippen molar-refractivity contribution < 1.29 is 14.3 Å². The van der Waals surface area contributed by atoms with Gasteiger partial charge in [-0.3, -0.25) is 14.3 Å². The van der Waals surface area contributed by atoms with E-state index in [1.54, 1.807) is 4.90 Å². The summed E-state index contributed by atoms with van der Waals surface area (Å²) in [6, 6.07) is 5.69. The number of amides is 2. The predicted molar refractivity (Wildman–Crippen MR) is 121 cm³/mol. The van der Waals surface area contributed by atoms with Crippen LogP contribution in [0.5, 0.6) is 0 Å².